The minimum atomic E-state index is 0.199. The lowest BCUT2D eigenvalue weighted by atomic mass is 9.97. The normalized spacial score (nSPS) is 15.2. The Morgan fingerprint density at radius 1 is 1.23 bits per heavy atom. The summed E-state index contributed by atoms with van der Waals surface area (Å²) in [5.74, 6) is 2.51. The predicted octanol–water partition coefficient (Wildman–Crippen LogP) is 4.05. The lowest BCUT2D eigenvalue weighted by molar-refractivity contribution is 0.326. The molecule has 1 aromatic carbocycles. The molecular weight excluding hydrogens is 398 g/mol. The highest BCUT2D eigenvalue weighted by molar-refractivity contribution is 9.10. The number of halogens is 1. The summed E-state index contributed by atoms with van der Waals surface area (Å²) in [6, 6.07) is 9.90. The summed E-state index contributed by atoms with van der Waals surface area (Å²) < 4.78 is 12.0. The van der Waals surface area contributed by atoms with Gasteiger partial charge < -0.3 is 13.8 Å². The van der Waals surface area contributed by atoms with Crippen molar-refractivity contribution in [3.63, 3.8) is 0 Å². The molecule has 3 heterocycles. The molecule has 0 spiro atoms. The molecule has 0 bridgehead atoms. The molecule has 1 aliphatic rings. The summed E-state index contributed by atoms with van der Waals surface area (Å²) in [6.45, 7) is 3.25. The minimum absolute atomic E-state index is 0.199. The maximum atomic E-state index is 9.19. The van der Waals surface area contributed by atoms with Crippen LogP contribution >= 0.6 is 15.9 Å². The van der Waals surface area contributed by atoms with E-state index in [4.69, 9.17) is 8.94 Å². The van der Waals surface area contributed by atoms with Gasteiger partial charge in [0.15, 0.2) is 5.89 Å². The number of rotatable bonds is 3. The Labute approximate surface area is 158 Å². The standard InChI is InChI=1S/C18H16BrN5O2/c1-11-21-15(10-20)18(25-11)24-8-6-12(7-9-24)17-22-16(23-26-17)13-4-2-3-5-14(13)19/h2-5,12H,6-9H2,1H3. The summed E-state index contributed by atoms with van der Waals surface area (Å²) >= 11 is 3.52. The summed E-state index contributed by atoms with van der Waals surface area (Å²) in [5, 5.41) is 13.3. The first-order valence-corrected chi connectivity index (χ1v) is 9.16. The molecule has 0 aliphatic carbocycles. The first-order chi connectivity index (χ1) is 12.7. The van der Waals surface area contributed by atoms with E-state index in [-0.39, 0.29) is 5.92 Å². The van der Waals surface area contributed by atoms with Crippen LogP contribution in [-0.2, 0) is 0 Å². The van der Waals surface area contributed by atoms with E-state index in [2.05, 4.69) is 42.0 Å². The summed E-state index contributed by atoms with van der Waals surface area (Å²) in [5.41, 5.74) is 1.26. The molecule has 1 fully saturated rings. The van der Waals surface area contributed by atoms with Crippen LogP contribution in [0.4, 0.5) is 5.88 Å². The van der Waals surface area contributed by atoms with Crippen molar-refractivity contribution in [3.05, 3.63) is 46.2 Å². The van der Waals surface area contributed by atoms with Crippen LogP contribution in [0.1, 0.15) is 36.2 Å². The van der Waals surface area contributed by atoms with Crippen molar-refractivity contribution in [2.24, 2.45) is 0 Å². The van der Waals surface area contributed by atoms with Crippen molar-refractivity contribution in [2.45, 2.75) is 25.7 Å². The number of anilines is 1. The molecule has 0 N–H and O–H groups in total. The van der Waals surface area contributed by atoms with Gasteiger partial charge in [0, 0.05) is 36.0 Å². The van der Waals surface area contributed by atoms with Crippen molar-refractivity contribution < 1.29 is 8.94 Å². The molecule has 3 aromatic rings. The topological polar surface area (TPSA) is 92.0 Å². The van der Waals surface area contributed by atoms with Gasteiger partial charge in [-0.05, 0) is 25.0 Å². The van der Waals surface area contributed by atoms with Gasteiger partial charge in [0.1, 0.15) is 6.07 Å². The van der Waals surface area contributed by atoms with Crippen LogP contribution in [0.3, 0.4) is 0 Å². The Hall–Kier alpha value is -2.66. The number of nitriles is 1. The Balaban J connectivity index is 1.47. The Bertz CT molecular complexity index is 966. The highest BCUT2D eigenvalue weighted by atomic mass is 79.9. The van der Waals surface area contributed by atoms with Gasteiger partial charge in [0.25, 0.3) is 0 Å². The molecule has 2 aromatic heterocycles. The molecule has 0 amide bonds. The second kappa shape index (κ2) is 6.92. The molecule has 0 atom stereocenters. The molecule has 1 aliphatic heterocycles. The monoisotopic (exact) mass is 413 g/mol. The van der Waals surface area contributed by atoms with Crippen molar-refractivity contribution in [1.82, 2.24) is 15.1 Å². The third kappa shape index (κ3) is 3.10. The van der Waals surface area contributed by atoms with Gasteiger partial charge in [-0.2, -0.15) is 10.2 Å². The lowest BCUT2D eigenvalue weighted by Crippen LogP contribution is -2.33. The van der Waals surface area contributed by atoms with Crippen LogP contribution in [-0.4, -0.2) is 28.2 Å². The van der Waals surface area contributed by atoms with Gasteiger partial charge in [0.05, 0.1) is 0 Å². The van der Waals surface area contributed by atoms with E-state index in [1.807, 2.05) is 24.3 Å². The molecule has 0 radical (unpaired) electrons. The number of oxazole rings is 1. The fourth-order valence-corrected chi connectivity index (χ4v) is 3.65. The zero-order chi connectivity index (χ0) is 18.1. The average molecular weight is 414 g/mol. The summed E-state index contributed by atoms with van der Waals surface area (Å²) in [4.78, 5) is 10.8. The maximum Gasteiger partial charge on any atom is 0.234 e. The number of benzene rings is 1. The Kier molecular flexibility index (Phi) is 4.47. The SMILES string of the molecule is Cc1nc(C#N)c(N2CCC(c3nc(-c4ccccc4Br)no3)CC2)o1. The first-order valence-electron chi connectivity index (χ1n) is 8.36. The molecule has 1 saturated heterocycles. The van der Waals surface area contributed by atoms with Gasteiger partial charge in [-0.1, -0.05) is 33.2 Å². The molecule has 26 heavy (non-hydrogen) atoms. The summed E-state index contributed by atoms with van der Waals surface area (Å²) in [6.07, 6.45) is 1.70. The Morgan fingerprint density at radius 3 is 2.73 bits per heavy atom. The van der Waals surface area contributed by atoms with Crippen molar-refractivity contribution >= 4 is 21.8 Å². The lowest BCUT2D eigenvalue weighted by Gasteiger charge is -2.29. The van der Waals surface area contributed by atoms with Crippen LogP contribution in [0, 0.1) is 18.3 Å². The van der Waals surface area contributed by atoms with Crippen molar-refractivity contribution in [2.75, 3.05) is 18.0 Å². The highest BCUT2D eigenvalue weighted by Gasteiger charge is 2.28. The van der Waals surface area contributed by atoms with E-state index >= 15 is 0 Å². The zero-order valence-corrected chi connectivity index (χ0v) is 15.7. The number of piperidine rings is 1. The van der Waals surface area contributed by atoms with Gasteiger partial charge >= 0.3 is 0 Å². The largest absolute Gasteiger partial charge is 0.424 e. The third-order valence-electron chi connectivity index (χ3n) is 4.51. The van der Waals surface area contributed by atoms with Crippen molar-refractivity contribution in [3.8, 4) is 17.5 Å². The molecule has 8 heteroatoms. The van der Waals surface area contributed by atoms with Crippen LogP contribution in [0.15, 0.2) is 37.7 Å². The Morgan fingerprint density at radius 2 is 2.00 bits per heavy atom. The van der Waals surface area contributed by atoms with E-state index in [1.165, 1.54) is 0 Å². The zero-order valence-electron chi connectivity index (χ0n) is 14.1. The number of nitrogens with zero attached hydrogens (tertiary/aromatic N) is 5. The summed E-state index contributed by atoms with van der Waals surface area (Å²) in [7, 11) is 0. The third-order valence-corrected chi connectivity index (χ3v) is 5.20. The molecular formula is C18H16BrN5O2. The predicted molar refractivity (Wildman–Crippen MR) is 97.6 cm³/mol. The second-order valence-electron chi connectivity index (χ2n) is 6.20. The second-order valence-corrected chi connectivity index (χ2v) is 7.05. The molecule has 7 nitrogen and oxygen atoms in total. The van der Waals surface area contributed by atoms with Gasteiger partial charge in [-0.15, -0.1) is 0 Å². The van der Waals surface area contributed by atoms with Crippen LogP contribution in [0.25, 0.3) is 11.4 Å². The first kappa shape index (κ1) is 16.8. The van der Waals surface area contributed by atoms with Gasteiger partial charge in [-0.3, -0.25) is 0 Å². The quantitative estimate of drug-likeness (QED) is 0.638. The molecule has 4 rings (SSSR count). The fraction of sp³-hybridized carbons (Fsp3) is 0.333. The highest BCUT2D eigenvalue weighted by Crippen LogP contribution is 2.33. The average Bonchev–Trinajstić information content (AvgIpc) is 3.29. The number of aromatic nitrogens is 3. The smallest absolute Gasteiger partial charge is 0.234 e. The van der Waals surface area contributed by atoms with Crippen LogP contribution < -0.4 is 4.90 Å². The number of hydrogen-bond acceptors (Lipinski definition) is 7. The van der Waals surface area contributed by atoms with E-state index in [0.717, 1.165) is 36.0 Å². The van der Waals surface area contributed by atoms with E-state index in [0.29, 0.717) is 29.2 Å². The van der Waals surface area contributed by atoms with Gasteiger partial charge in [-0.25, -0.2) is 4.98 Å². The maximum absolute atomic E-state index is 9.19. The van der Waals surface area contributed by atoms with Gasteiger partial charge in [0.2, 0.25) is 23.3 Å². The minimum Gasteiger partial charge on any atom is -0.424 e. The van der Waals surface area contributed by atoms with E-state index in [9.17, 15) is 5.26 Å². The molecule has 0 saturated carbocycles. The van der Waals surface area contributed by atoms with Crippen LogP contribution in [0.2, 0.25) is 0 Å². The number of hydrogen-bond donors (Lipinski definition) is 0. The molecule has 132 valence electrons. The van der Waals surface area contributed by atoms with Crippen molar-refractivity contribution in [1.29, 1.82) is 5.26 Å². The van der Waals surface area contributed by atoms with E-state index < -0.39 is 0 Å². The fourth-order valence-electron chi connectivity index (χ4n) is 3.19. The van der Waals surface area contributed by atoms with Crippen LogP contribution in [0.5, 0.6) is 0 Å². The molecule has 0 unspecified atom stereocenters. The van der Waals surface area contributed by atoms with E-state index in [1.54, 1.807) is 6.92 Å². The number of aryl methyl sites for hydroxylation is 1.